The van der Waals surface area contributed by atoms with Gasteiger partial charge in [-0.1, -0.05) is 12.1 Å². The second-order valence-corrected chi connectivity index (χ2v) is 7.31. The van der Waals surface area contributed by atoms with Gasteiger partial charge in [0.15, 0.2) is 0 Å². The summed E-state index contributed by atoms with van der Waals surface area (Å²) in [7, 11) is 0. The molecule has 0 bridgehead atoms. The molecule has 0 atom stereocenters. The maximum atomic E-state index is 12.5. The van der Waals surface area contributed by atoms with Crippen LogP contribution in [0.25, 0.3) is 0 Å². The molecule has 1 aromatic carbocycles. The summed E-state index contributed by atoms with van der Waals surface area (Å²) in [6.45, 7) is 6.45. The van der Waals surface area contributed by atoms with Gasteiger partial charge in [0.05, 0.1) is 16.5 Å². The Morgan fingerprint density at radius 1 is 1.04 bits per heavy atom. The smallest absolute Gasteiger partial charge is 0.330 e. The molecule has 6 heteroatoms. The summed E-state index contributed by atoms with van der Waals surface area (Å²) in [5, 5.41) is 1.63. The van der Waals surface area contributed by atoms with Gasteiger partial charge in [0.1, 0.15) is 0 Å². The molecule has 0 N–H and O–H groups in total. The number of rotatable bonds is 2. The minimum absolute atomic E-state index is 0.151. The van der Waals surface area contributed by atoms with Gasteiger partial charge in [-0.15, -0.1) is 5.06 Å². The van der Waals surface area contributed by atoms with E-state index in [1.165, 1.54) is 4.90 Å². The zero-order chi connectivity index (χ0) is 17.5. The lowest BCUT2D eigenvalue weighted by Gasteiger charge is -2.35. The standard InChI is InChI=1S/C18H22N2O4/c1-18(2,3)17(23)24-19-10-8-12(9-11-19)20-15(21)13-6-4-5-7-14(13)16(20)22/h4-7,12H,8-11H2,1-3H3. The van der Waals surface area contributed by atoms with Crippen molar-refractivity contribution in [2.45, 2.75) is 39.7 Å². The molecule has 1 fully saturated rings. The van der Waals surface area contributed by atoms with E-state index in [0.717, 1.165) is 0 Å². The van der Waals surface area contributed by atoms with Crippen LogP contribution in [0.2, 0.25) is 0 Å². The van der Waals surface area contributed by atoms with Gasteiger partial charge in [-0.3, -0.25) is 14.5 Å². The van der Waals surface area contributed by atoms with Crippen LogP contribution >= 0.6 is 0 Å². The van der Waals surface area contributed by atoms with Crippen molar-refractivity contribution >= 4 is 17.8 Å². The molecular formula is C18H22N2O4. The van der Waals surface area contributed by atoms with Crippen LogP contribution in [-0.4, -0.2) is 46.9 Å². The van der Waals surface area contributed by atoms with Gasteiger partial charge in [0, 0.05) is 19.1 Å². The first-order chi connectivity index (χ1) is 11.3. The highest BCUT2D eigenvalue weighted by molar-refractivity contribution is 6.21. The summed E-state index contributed by atoms with van der Waals surface area (Å²) in [6, 6.07) is 6.76. The van der Waals surface area contributed by atoms with Crippen molar-refractivity contribution < 1.29 is 19.2 Å². The van der Waals surface area contributed by atoms with Gasteiger partial charge in [0.2, 0.25) is 0 Å². The lowest BCUT2D eigenvalue weighted by Crippen LogP contribution is -2.48. The third kappa shape index (κ3) is 2.94. The highest BCUT2D eigenvalue weighted by atomic mass is 16.7. The molecule has 2 aliphatic heterocycles. The molecule has 2 amide bonds. The summed E-state index contributed by atoms with van der Waals surface area (Å²) in [5.74, 6) is -0.719. The topological polar surface area (TPSA) is 66.9 Å². The number of nitrogens with zero attached hydrogens (tertiary/aromatic N) is 2. The quantitative estimate of drug-likeness (QED) is 0.778. The second kappa shape index (κ2) is 6.02. The van der Waals surface area contributed by atoms with E-state index in [1.807, 2.05) is 0 Å². The van der Waals surface area contributed by atoms with Crippen molar-refractivity contribution in [2.24, 2.45) is 5.41 Å². The molecule has 0 radical (unpaired) electrons. The Labute approximate surface area is 141 Å². The highest BCUT2D eigenvalue weighted by Gasteiger charge is 2.41. The summed E-state index contributed by atoms with van der Waals surface area (Å²) < 4.78 is 0. The van der Waals surface area contributed by atoms with Gasteiger partial charge in [-0.05, 0) is 45.7 Å². The van der Waals surface area contributed by atoms with E-state index in [-0.39, 0.29) is 23.8 Å². The fourth-order valence-electron chi connectivity index (χ4n) is 2.99. The molecule has 0 aromatic heterocycles. The Balaban J connectivity index is 1.63. The van der Waals surface area contributed by atoms with Crippen LogP contribution in [0, 0.1) is 5.41 Å². The van der Waals surface area contributed by atoms with Crippen molar-refractivity contribution in [1.82, 2.24) is 9.96 Å². The molecule has 0 saturated carbocycles. The minimum Gasteiger partial charge on any atom is -0.367 e. The summed E-state index contributed by atoms with van der Waals surface area (Å²) >= 11 is 0. The molecule has 1 saturated heterocycles. The first-order valence-electron chi connectivity index (χ1n) is 8.23. The van der Waals surface area contributed by atoms with Gasteiger partial charge < -0.3 is 4.84 Å². The first kappa shape index (κ1) is 16.6. The van der Waals surface area contributed by atoms with E-state index in [1.54, 1.807) is 50.1 Å². The molecule has 1 aromatic rings. The molecule has 128 valence electrons. The Morgan fingerprint density at radius 2 is 1.54 bits per heavy atom. The fourth-order valence-corrected chi connectivity index (χ4v) is 2.99. The first-order valence-corrected chi connectivity index (χ1v) is 8.23. The number of carbonyl (C=O) groups is 3. The number of benzene rings is 1. The van der Waals surface area contributed by atoms with Crippen molar-refractivity contribution in [3.05, 3.63) is 35.4 Å². The minimum atomic E-state index is -0.556. The number of carbonyl (C=O) groups excluding carboxylic acids is 3. The molecule has 0 spiro atoms. The van der Waals surface area contributed by atoms with Crippen molar-refractivity contribution in [3.63, 3.8) is 0 Å². The molecule has 0 aliphatic carbocycles. The third-order valence-corrected chi connectivity index (χ3v) is 4.44. The van der Waals surface area contributed by atoms with Crippen LogP contribution in [0.4, 0.5) is 0 Å². The number of hydrogen-bond donors (Lipinski definition) is 0. The number of hydrogen-bond acceptors (Lipinski definition) is 5. The third-order valence-electron chi connectivity index (χ3n) is 4.44. The maximum Gasteiger partial charge on any atom is 0.330 e. The van der Waals surface area contributed by atoms with Gasteiger partial charge in [0.25, 0.3) is 11.8 Å². The van der Waals surface area contributed by atoms with E-state index in [0.29, 0.717) is 37.1 Å². The monoisotopic (exact) mass is 330 g/mol. The van der Waals surface area contributed by atoms with Crippen LogP contribution in [-0.2, 0) is 9.63 Å². The Kier molecular flexibility index (Phi) is 4.17. The Morgan fingerprint density at radius 3 is 2.00 bits per heavy atom. The zero-order valence-electron chi connectivity index (χ0n) is 14.2. The van der Waals surface area contributed by atoms with Crippen LogP contribution < -0.4 is 0 Å². The van der Waals surface area contributed by atoms with Crippen molar-refractivity contribution in [3.8, 4) is 0 Å². The Hall–Kier alpha value is -2.21. The van der Waals surface area contributed by atoms with E-state index >= 15 is 0 Å². The van der Waals surface area contributed by atoms with E-state index in [4.69, 9.17) is 4.84 Å². The van der Waals surface area contributed by atoms with Crippen LogP contribution in [0.5, 0.6) is 0 Å². The van der Waals surface area contributed by atoms with E-state index < -0.39 is 5.41 Å². The number of piperidine rings is 1. The largest absolute Gasteiger partial charge is 0.367 e. The average Bonchev–Trinajstić information content (AvgIpc) is 2.79. The number of amides is 2. The highest BCUT2D eigenvalue weighted by Crippen LogP contribution is 2.29. The summed E-state index contributed by atoms with van der Waals surface area (Å²) in [4.78, 5) is 43.7. The van der Waals surface area contributed by atoms with Crippen molar-refractivity contribution in [1.29, 1.82) is 0 Å². The maximum absolute atomic E-state index is 12.5. The second-order valence-electron chi connectivity index (χ2n) is 7.31. The molecule has 6 nitrogen and oxygen atoms in total. The molecular weight excluding hydrogens is 308 g/mol. The zero-order valence-corrected chi connectivity index (χ0v) is 14.2. The van der Waals surface area contributed by atoms with Gasteiger partial charge in [-0.2, -0.15) is 0 Å². The Bertz CT molecular complexity index is 650. The summed E-state index contributed by atoms with van der Waals surface area (Å²) in [5.41, 5.74) is 0.396. The van der Waals surface area contributed by atoms with E-state index in [2.05, 4.69) is 0 Å². The van der Waals surface area contributed by atoms with Crippen LogP contribution in [0.3, 0.4) is 0 Å². The lowest BCUT2D eigenvalue weighted by atomic mass is 9.98. The van der Waals surface area contributed by atoms with Gasteiger partial charge in [-0.25, -0.2) is 4.79 Å². The SMILES string of the molecule is CC(C)(C)C(=O)ON1CCC(N2C(=O)c3ccccc3C2=O)CC1. The molecule has 2 heterocycles. The average molecular weight is 330 g/mol. The number of hydroxylamine groups is 2. The van der Waals surface area contributed by atoms with Crippen molar-refractivity contribution in [2.75, 3.05) is 13.1 Å². The predicted molar refractivity (Wildman–Crippen MR) is 87.1 cm³/mol. The van der Waals surface area contributed by atoms with Crippen LogP contribution in [0.15, 0.2) is 24.3 Å². The number of fused-ring (bicyclic) bond motifs is 1. The molecule has 0 unspecified atom stereocenters. The molecule has 3 rings (SSSR count). The summed E-state index contributed by atoms with van der Waals surface area (Å²) in [6.07, 6.45) is 1.20. The number of imide groups is 1. The normalized spacial score (nSPS) is 19.5. The van der Waals surface area contributed by atoms with Crippen LogP contribution in [0.1, 0.15) is 54.3 Å². The van der Waals surface area contributed by atoms with Gasteiger partial charge >= 0.3 is 5.97 Å². The molecule has 2 aliphatic rings. The fraction of sp³-hybridized carbons (Fsp3) is 0.500. The van der Waals surface area contributed by atoms with E-state index in [9.17, 15) is 14.4 Å². The molecule has 24 heavy (non-hydrogen) atoms. The lowest BCUT2D eigenvalue weighted by molar-refractivity contribution is -0.205. The predicted octanol–water partition coefficient (Wildman–Crippen LogP) is 2.25.